The lowest BCUT2D eigenvalue weighted by molar-refractivity contribution is -0.122. The minimum atomic E-state index is -0.456. The Morgan fingerprint density at radius 1 is 1.07 bits per heavy atom. The Hall–Kier alpha value is -3.31. The van der Waals surface area contributed by atoms with Gasteiger partial charge in [-0.1, -0.05) is 47.5 Å². The van der Waals surface area contributed by atoms with Crippen molar-refractivity contribution in [2.45, 2.75) is 13.3 Å². The number of hydrogen-bond acceptors (Lipinski definition) is 3. The first-order chi connectivity index (χ1) is 14.5. The number of carbonyl (C=O) groups is 2. The molecule has 1 aliphatic rings. The largest absolute Gasteiger partial charge is 0.455 e. The number of benzene rings is 3. The van der Waals surface area contributed by atoms with Crippen molar-refractivity contribution < 1.29 is 14.3 Å². The van der Waals surface area contributed by atoms with Crippen LogP contribution in [0.5, 0.6) is 11.5 Å². The zero-order valence-electron chi connectivity index (χ0n) is 16.5. The van der Waals surface area contributed by atoms with Crippen LogP contribution >= 0.6 is 11.6 Å². The highest BCUT2D eigenvalue weighted by Gasteiger charge is 2.35. The summed E-state index contributed by atoms with van der Waals surface area (Å²) in [7, 11) is 0. The Morgan fingerprint density at radius 3 is 2.53 bits per heavy atom. The average Bonchev–Trinajstić information content (AvgIpc) is 3.13. The lowest BCUT2D eigenvalue weighted by atomic mass is 10.1. The second kappa shape index (κ2) is 8.59. The van der Waals surface area contributed by atoms with Crippen LogP contribution in [-0.2, 0) is 9.59 Å². The number of para-hydroxylation sites is 1. The van der Waals surface area contributed by atoms with Gasteiger partial charge in [0.15, 0.2) is 5.75 Å². The van der Waals surface area contributed by atoms with E-state index in [1.807, 2.05) is 61.5 Å². The number of carbonyl (C=O) groups excluding carboxylic acids is 2. The molecule has 4 rings (SSSR count). The van der Waals surface area contributed by atoms with Crippen molar-refractivity contribution in [2.24, 2.45) is 5.92 Å². The molecule has 152 valence electrons. The van der Waals surface area contributed by atoms with Crippen molar-refractivity contribution in [2.75, 3.05) is 16.8 Å². The normalized spacial score (nSPS) is 15.9. The molecule has 1 atom stereocenters. The van der Waals surface area contributed by atoms with Crippen LogP contribution in [-0.4, -0.2) is 18.4 Å². The lowest BCUT2D eigenvalue weighted by Crippen LogP contribution is -2.28. The summed E-state index contributed by atoms with van der Waals surface area (Å²) in [6.45, 7) is 2.33. The van der Waals surface area contributed by atoms with Gasteiger partial charge in [-0.25, -0.2) is 0 Å². The van der Waals surface area contributed by atoms with E-state index in [1.165, 1.54) is 0 Å². The van der Waals surface area contributed by atoms with E-state index in [-0.39, 0.29) is 18.2 Å². The molecule has 2 amide bonds. The number of ether oxygens (including phenoxy) is 1. The van der Waals surface area contributed by atoms with Gasteiger partial charge in [0, 0.05) is 23.7 Å². The number of aryl methyl sites for hydroxylation is 1. The Labute approximate surface area is 180 Å². The van der Waals surface area contributed by atoms with Crippen molar-refractivity contribution in [1.29, 1.82) is 0 Å². The molecule has 1 unspecified atom stereocenters. The summed E-state index contributed by atoms with van der Waals surface area (Å²) >= 11 is 6.13. The molecular weight excluding hydrogens is 400 g/mol. The van der Waals surface area contributed by atoms with Gasteiger partial charge >= 0.3 is 0 Å². The highest BCUT2D eigenvalue weighted by Crippen LogP contribution is 2.33. The molecule has 1 fully saturated rings. The Balaban J connectivity index is 1.49. The molecule has 3 aromatic carbocycles. The maximum Gasteiger partial charge on any atom is 0.229 e. The van der Waals surface area contributed by atoms with Crippen LogP contribution < -0.4 is 15.0 Å². The first kappa shape index (κ1) is 20.0. The van der Waals surface area contributed by atoms with Crippen molar-refractivity contribution in [3.8, 4) is 11.5 Å². The minimum Gasteiger partial charge on any atom is -0.455 e. The average molecular weight is 421 g/mol. The fourth-order valence-electron chi connectivity index (χ4n) is 3.40. The van der Waals surface area contributed by atoms with Gasteiger partial charge in [0.1, 0.15) is 5.75 Å². The molecule has 0 radical (unpaired) electrons. The van der Waals surface area contributed by atoms with Crippen molar-refractivity contribution in [1.82, 2.24) is 0 Å². The van der Waals surface area contributed by atoms with Gasteiger partial charge in [-0.05, 0) is 49.4 Å². The zero-order chi connectivity index (χ0) is 21.1. The van der Waals surface area contributed by atoms with Crippen LogP contribution in [0.2, 0.25) is 5.02 Å². The van der Waals surface area contributed by atoms with Crippen molar-refractivity contribution in [3.05, 3.63) is 83.4 Å². The third kappa shape index (κ3) is 4.47. The second-order valence-corrected chi connectivity index (χ2v) is 7.72. The van der Waals surface area contributed by atoms with Crippen LogP contribution in [0.1, 0.15) is 12.0 Å². The van der Waals surface area contributed by atoms with Gasteiger partial charge in [0.05, 0.1) is 11.6 Å². The number of rotatable bonds is 5. The van der Waals surface area contributed by atoms with Gasteiger partial charge in [-0.2, -0.15) is 0 Å². The molecule has 0 aliphatic carbocycles. The maximum atomic E-state index is 12.9. The Morgan fingerprint density at radius 2 is 1.80 bits per heavy atom. The summed E-state index contributed by atoms with van der Waals surface area (Å²) < 4.78 is 5.90. The molecule has 1 N–H and O–H groups in total. The first-order valence-electron chi connectivity index (χ1n) is 9.70. The predicted molar refractivity (Wildman–Crippen MR) is 118 cm³/mol. The molecule has 1 heterocycles. The molecule has 0 saturated carbocycles. The van der Waals surface area contributed by atoms with Crippen LogP contribution in [0.15, 0.2) is 72.8 Å². The predicted octanol–water partition coefficient (Wildman–Crippen LogP) is 5.43. The molecule has 3 aromatic rings. The van der Waals surface area contributed by atoms with E-state index in [1.54, 1.807) is 23.1 Å². The number of halogens is 1. The molecule has 6 heteroatoms. The quantitative estimate of drug-likeness (QED) is 0.598. The summed E-state index contributed by atoms with van der Waals surface area (Å²) in [5.74, 6) is 0.377. The Kier molecular flexibility index (Phi) is 5.72. The summed E-state index contributed by atoms with van der Waals surface area (Å²) in [6.07, 6.45) is 0.162. The number of hydrogen-bond donors (Lipinski definition) is 1. The second-order valence-electron chi connectivity index (χ2n) is 7.29. The summed E-state index contributed by atoms with van der Waals surface area (Å²) in [4.78, 5) is 27.1. The lowest BCUT2D eigenvalue weighted by Gasteiger charge is -2.17. The number of anilines is 2. The van der Waals surface area contributed by atoms with E-state index in [9.17, 15) is 9.59 Å². The standard InChI is InChI=1S/C24H21ClN2O3/c1-16-7-10-19(11-8-16)27-15-17(13-23(27)28)24(29)26-21-14-18(25)9-12-22(21)30-20-5-3-2-4-6-20/h2-12,14,17H,13,15H2,1H3,(H,26,29). The number of amides is 2. The van der Waals surface area contributed by atoms with Gasteiger partial charge in [-0.3, -0.25) is 9.59 Å². The third-order valence-corrected chi connectivity index (χ3v) is 5.25. The third-order valence-electron chi connectivity index (χ3n) is 5.01. The smallest absolute Gasteiger partial charge is 0.229 e. The SMILES string of the molecule is Cc1ccc(N2CC(C(=O)Nc3cc(Cl)ccc3Oc3ccccc3)CC2=O)cc1. The van der Waals surface area contributed by atoms with Gasteiger partial charge in [0.25, 0.3) is 0 Å². The zero-order valence-corrected chi connectivity index (χ0v) is 17.2. The molecule has 0 aromatic heterocycles. The number of nitrogens with one attached hydrogen (secondary N) is 1. The van der Waals surface area contributed by atoms with E-state index < -0.39 is 5.92 Å². The molecule has 1 aliphatic heterocycles. The van der Waals surface area contributed by atoms with E-state index in [0.717, 1.165) is 11.3 Å². The molecule has 5 nitrogen and oxygen atoms in total. The summed E-state index contributed by atoms with van der Waals surface area (Å²) in [6, 6.07) is 22.1. The van der Waals surface area contributed by atoms with Crippen LogP contribution in [0.25, 0.3) is 0 Å². The monoisotopic (exact) mass is 420 g/mol. The minimum absolute atomic E-state index is 0.0640. The summed E-state index contributed by atoms with van der Waals surface area (Å²) in [5, 5.41) is 3.37. The fraction of sp³-hybridized carbons (Fsp3) is 0.167. The van der Waals surface area contributed by atoms with E-state index >= 15 is 0 Å². The van der Waals surface area contributed by atoms with Gasteiger partial charge in [-0.15, -0.1) is 0 Å². The highest BCUT2D eigenvalue weighted by molar-refractivity contribution is 6.31. The van der Waals surface area contributed by atoms with Gasteiger partial charge in [0.2, 0.25) is 11.8 Å². The molecule has 0 bridgehead atoms. The van der Waals surface area contributed by atoms with Crippen molar-refractivity contribution in [3.63, 3.8) is 0 Å². The molecule has 1 saturated heterocycles. The highest BCUT2D eigenvalue weighted by atomic mass is 35.5. The van der Waals surface area contributed by atoms with Crippen LogP contribution in [0, 0.1) is 12.8 Å². The molecule has 0 spiro atoms. The topological polar surface area (TPSA) is 58.6 Å². The van der Waals surface area contributed by atoms with Gasteiger partial charge < -0.3 is 15.0 Å². The fourth-order valence-corrected chi connectivity index (χ4v) is 3.57. The number of nitrogens with zero attached hydrogens (tertiary/aromatic N) is 1. The van der Waals surface area contributed by atoms with E-state index in [0.29, 0.717) is 28.8 Å². The Bertz CT molecular complexity index is 1070. The molecular formula is C24H21ClN2O3. The first-order valence-corrected chi connectivity index (χ1v) is 10.1. The van der Waals surface area contributed by atoms with E-state index in [2.05, 4.69) is 5.32 Å². The molecule has 30 heavy (non-hydrogen) atoms. The van der Waals surface area contributed by atoms with Crippen molar-refractivity contribution >= 4 is 34.8 Å². The van der Waals surface area contributed by atoms with Crippen LogP contribution in [0.4, 0.5) is 11.4 Å². The summed E-state index contributed by atoms with van der Waals surface area (Å²) in [5.41, 5.74) is 2.39. The maximum absolute atomic E-state index is 12.9. The van der Waals surface area contributed by atoms with E-state index in [4.69, 9.17) is 16.3 Å². The van der Waals surface area contributed by atoms with Crippen LogP contribution in [0.3, 0.4) is 0 Å².